The van der Waals surface area contributed by atoms with Crippen LogP contribution >= 0.6 is 12.2 Å². The van der Waals surface area contributed by atoms with Gasteiger partial charge in [0.1, 0.15) is 0 Å². The Hall–Kier alpha value is -2.41. The van der Waals surface area contributed by atoms with Crippen molar-refractivity contribution < 1.29 is 9.53 Å². The number of hydrogen-bond donors (Lipinski definition) is 1. The second kappa shape index (κ2) is 8.95. The van der Waals surface area contributed by atoms with Crippen molar-refractivity contribution in [2.75, 3.05) is 13.7 Å². The maximum Gasteiger partial charge on any atom is 0.307 e. The van der Waals surface area contributed by atoms with E-state index in [4.69, 9.17) is 17.0 Å². The molecular formula is C22H28N4O2S. The third-order valence-corrected chi connectivity index (χ3v) is 6.41. The average molecular weight is 413 g/mol. The van der Waals surface area contributed by atoms with Crippen LogP contribution in [0.3, 0.4) is 0 Å². The Bertz CT molecular complexity index is 848. The normalized spacial score (nSPS) is 22.5. The lowest BCUT2D eigenvalue weighted by molar-refractivity contribution is -0.140. The first-order valence-electron chi connectivity index (χ1n) is 10.4. The molecule has 7 heteroatoms. The van der Waals surface area contributed by atoms with Crippen LogP contribution in [0.2, 0.25) is 0 Å². The zero-order valence-electron chi connectivity index (χ0n) is 16.8. The first-order valence-corrected chi connectivity index (χ1v) is 10.8. The van der Waals surface area contributed by atoms with E-state index in [-0.39, 0.29) is 18.1 Å². The number of aromatic nitrogens is 2. The molecule has 1 aliphatic carbocycles. The fourth-order valence-corrected chi connectivity index (χ4v) is 4.87. The Balaban J connectivity index is 1.63. The van der Waals surface area contributed by atoms with Crippen LogP contribution in [0.25, 0.3) is 0 Å². The predicted molar refractivity (Wildman–Crippen MR) is 115 cm³/mol. The first-order chi connectivity index (χ1) is 14.2. The van der Waals surface area contributed by atoms with Gasteiger partial charge in [-0.1, -0.05) is 25.3 Å². The molecule has 4 rings (SSSR count). The van der Waals surface area contributed by atoms with E-state index in [0.29, 0.717) is 24.1 Å². The lowest BCUT2D eigenvalue weighted by Crippen LogP contribution is -2.31. The number of rotatable bonds is 6. The first kappa shape index (κ1) is 19.9. The summed E-state index contributed by atoms with van der Waals surface area (Å²) in [4.78, 5) is 18.4. The van der Waals surface area contributed by atoms with Gasteiger partial charge in [0.25, 0.3) is 0 Å². The Kier molecular flexibility index (Phi) is 6.13. The molecule has 0 spiro atoms. The van der Waals surface area contributed by atoms with E-state index in [0.717, 1.165) is 5.69 Å². The summed E-state index contributed by atoms with van der Waals surface area (Å²) in [6.07, 6.45) is 13.0. The van der Waals surface area contributed by atoms with Crippen molar-refractivity contribution >= 4 is 23.3 Å². The van der Waals surface area contributed by atoms with Gasteiger partial charge in [-0.25, -0.2) is 0 Å². The smallest absolute Gasteiger partial charge is 0.307 e. The van der Waals surface area contributed by atoms with Gasteiger partial charge in [-0.05, 0) is 48.8 Å². The number of carbonyl (C=O) groups is 1. The van der Waals surface area contributed by atoms with Crippen LogP contribution in [-0.4, -0.2) is 39.2 Å². The molecule has 3 heterocycles. The van der Waals surface area contributed by atoms with Crippen LogP contribution in [0.5, 0.6) is 0 Å². The highest BCUT2D eigenvalue weighted by molar-refractivity contribution is 7.80. The van der Waals surface area contributed by atoms with Gasteiger partial charge in [0.05, 0.1) is 31.3 Å². The molecule has 2 fully saturated rings. The monoisotopic (exact) mass is 412 g/mol. The zero-order chi connectivity index (χ0) is 20.2. The Morgan fingerprint density at radius 3 is 2.83 bits per heavy atom. The van der Waals surface area contributed by atoms with Gasteiger partial charge in [0.2, 0.25) is 0 Å². The number of nitrogens with one attached hydrogen (secondary N) is 1. The number of hydrogen-bond acceptors (Lipinski definition) is 4. The summed E-state index contributed by atoms with van der Waals surface area (Å²) in [5.74, 6) is -0.229. The SMILES string of the molecule is COC(=O)CCN1C(=S)N[C@@H](c2ccccn2)[C@H]1c1ccn(C2CCCCC2)c1. The van der Waals surface area contributed by atoms with E-state index < -0.39 is 0 Å². The van der Waals surface area contributed by atoms with Crippen molar-refractivity contribution in [3.05, 3.63) is 54.1 Å². The number of carbonyl (C=O) groups excluding carboxylic acids is 1. The van der Waals surface area contributed by atoms with E-state index in [1.807, 2.05) is 18.2 Å². The number of methoxy groups -OCH3 is 1. The fourth-order valence-electron chi connectivity index (χ4n) is 4.54. The van der Waals surface area contributed by atoms with Crippen LogP contribution in [0, 0.1) is 0 Å². The maximum atomic E-state index is 11.8. The molecule has 2 aromatic rings. The highest BCUT2D eigenvalue weighted by atomic mass is 32.1. The predicted octanol–water partition coefficient (Wildman–Crippen LogP) is 3.92. The summed E-state index contributed by atoms with van der Waals surface area (Å²) in [6, 6.07) is 8.64. The van der Waals surface area contributed by atoms with E-state index in [2.05, 4.69) is 38.2 Å². The standard InChI is InChI=1S/C22H28N4O2S/c1-28-19(27)11-14-26-21(20(24-22(26)29)18-9-5-6-12-23-18)16-10-13-25(15-16)17-7-3-2-4-8-17/h5-6,9-10,12-13,15,17,20-21H,2-4,7-8,11,14H2,1H3,(H,24,29)/t20-,21+/m0/s1. The highest BCUT2D eigenvalue weighted by Crippen LogP contribution is 2.39. The summed E-state index contributed by atoms with van der Waals surface area (Å²) in [6.45, 7) is 0.515. The minimum atomic E-state index is -0.229. The number of nitrogens with zero attached hydrogens (tertiary/aromatic N) is 3. The zero-order valence-corrected chi connectivity index (χ0v) is 17.6. The van der Waals surface area contributed by atoms with Gasteiger partial charge < -0.3 is 19.5 Å². The second-order valence-electron chi connectivity index (χ2n) is 7.83. The molecule has 1 aliphatic heterocycles. The van der Waals surface area contributed by atoms with Crippen LogP contribution in [-0.2, 0) is 9.53 Å². The minimum absolute atomic E-state index is 0.00750. The molecule has 2 aromatic heterocycles. The molecule has 1 N–H and O–H groups in total. The maximum absolute atomic E-state index is 11.8. The molecule has 2 atom stereocenters. The molecule has 29 heavy (non-hydrogen) atoms. The summed E-state index contributed by atoms with van der Waals surface area (Å²) >= 11 is 5.64. The molecular weight excluding hydrogens is 384 g/mol. The van der Waals surface area contributed by atoms with Crippen molar-refractivity contribution in [2.45, 2.75) is 56.7 Å². The molecule has 154 valence electrons. The van der Waals surface area contributed by atoms with Crippen LogP contribution in [0.15, 0.2) is 42.9 Å². The number of ether oxygens (including phenoxy) is 1. The molecule has 0 amide bonds. The fraction of sp³-hybridized carbons (Fsp3) is 0.500. The summed E-state index contributed by atoms with van der Waals surface area (Å²) in [5.41, 5.74) is 2.15. The molecule has 0 aromatic carbocycles. The van der Waals surface area contributed by atoms with Gasteiger partial charge in [-0.15, -0.1) is 0 Å². The van der Waals surface area contributed by atoms with Crippen molar-refractivity contribution in [3.63, 3.8) is 0 Å². The van der Waals surface area contributed by atoms with Crippen molar-refractivity contribution in [1.82, 2.24) is 19.8 Å². The van der Waals surface area contributed by atoms with Crippen molar-refractivity contribution in [2.24, 2.45) is 0 Å². The van der Waals surface area contributed by atoms with E-state index >= 15 is 0 Å². The van der Waals surface area contributed by atoms with Crippen LogP contribution < -0.4 is 5.32 Å². The average Bonchev–Trinajstić information content (AvgIpc) is 3.38. The highest BCUT2D eigenvalue weighted by Gasteiger charge is 2.40. The summed E-state index contributed by atoms with van der Waals surface area (Å²) in [5, 5.41) is 4.09. The summed E-state index contributed by atoms with van der Waals surface area (Å²) < 4.78 is 7.20. The Labute approximate surface area is 177 Å². The van der Waals surface area contributed by atoms with Crippen LogP contribution in [0.1, 0.15) is 67.9 Å². The van der Waals surface area contributed by atoms with Gasteiger partial charge in [0.15, 0.2) is 5.11 Å². The van der Waals surface area contributed by atoms with Crippen LogP contribution in [0.4, 0.5) is 0 Å². The molecule has 0 unspecified atom stereocenters. The van der Waals surface area contributed by atoms with E-state index in [9.17, 15) is 4.79 Å². The van der Waals surface area contributed by atoms with E-state index in [1.165, 1.54) is 44.8 Å². The van der Waals surface area contributed by atoms with Gasteiger partial charge in [-0.3, -0.25) is 9.78 Å². The number of pyridine rings is 1. The topological polar surface area (TPSA) is 59.4 Å². The molecule has 1 saturated heterocycles. The summed E-state index contributed by atoms with van der Waals surface area (Å²) in [7, 11) is 1.42. The molecule has 2 aliphatic rings. The van der Waals surface area contributed by atoms with E-state index in [1.54, 1.807) is 6.20 Å². The Morgan fingerprint density at radius 2 is 2.10 bits per heavy atom. The third kappa shape index (κ3) is 4.29. The lowest BCUT2D eigenvalue weighted by atomic mass is 9.95. The van der Waals surface area contributed by atoms with Gasteiger partial charge in [-0.2, -0.15) is 0 Å². The van der Waals surface area contributed by atoms with Gasteiger partial charge >= 0.3 is 5.97 Å². The lowest BCUT2D eigenvalue weighted by Gasteiger charge is -2.27. The third-order valence-electron chi connectivity index (χ3n) is 6.06. The quantitative estimate of drug-likeness (QED) is 0.573. The van der Waals surface area contributed by atoms with Gasteiger partial charge in [0, 0.05) is 31.2 Å². The molecule has 1 saturated carbocycles. The van der Waals surface area contributed by atoms with Crippen molar-refractivity contribution in [3.8, 4) is 0 Å². The second-order valence-corrected chi connectivity index (χ2v) is 8.22. The molecule has 6 nitrogen and oxygen atoms in total. The molecule has 0 radical (unpaired) electrons. The number of thiocarbonyl (C=S) groups is 1. The largest absolute Gasteiger partial charge is 0.469 e. The number of esters is 1. The Morgan fingerprint density at radius 1 is 1.28 bits per heavy atom. The van der Waals surface area contributed by atoms with Crippen molar-refractivity contribution in [1.29, 1.82) is 0 Å². The molecule has 0 bridgehead atoms. The minimum Gasteiger partial charge on any atom is -0.469 e.